The number of nitrogens with zero attached hydrogens (tertiary/aromatic N) is 2. The van der Waals surface area contributed by atoms with Crippen molar-refractivity contribution in [1.29, 1.82) is 0 Å². The van der Waals surface area contributed by atoms with Gasteiger partial charge < -0.3 is 14.2 Å². The van der Waals surface area contributed by atoms with Gasteiger partial charge in [-0.2, -0.15) is 0 Å². The van der Waals surface area contributed by atoms with Crippen LogP contribution in [0.3, 0.4) is 0 Å². The van der Waals surface area contributed by atoms with Crippen LogP contribution in [0.5, 0.6) is 11.5 Å². The quantitative estimate of drug-likeness (QED) is 0.181. The Kier molecular flexibility index (Phi) is 6.55. The molecular weight excluding hydrogens is 681 g/mol. The Hall–Kier alpha value is -7.36. The number of aromatic nitrogens is 1. The van der Waals surface area contributed by atoms with Crippen LogP contribution < -0.4 is 9.64 Å². The molecule has 262 valence electrons. The van der Waals surface area contributed by atoms with E-state index in [0.717, 1.165) is 45.2 Å². The highest BCUT2D eigenvalue weighted by molar-refractivity contribution is 6.21. The van der Waals surface area contributed by atoms with Crippen LogP contribution in [0.25, 0.3) is 49.4 Å². The van der Waals surface area contributed by atoms with Crippen molar-refractivity contribution in [2.45, 2.75) is 5.41 Å². The van der Waals surface area contributed by atoms with Crippen molar-refractivity contribution in [1.82, 2.24) is 4.57 Å². The minimum Gasteiger partial charge on any atom is -0.456 e. The van der Waals surface area contributed by atoms with Gasteiger partial charge in [-0.15, -0.1) is 0 Å². The van der Waals surface area contributed by atoms with Gasteiger partial charge in [0.2, 0.25) is 0 Å². The third kappa shape index (κ3) is 4.17. The Labute approximate surface area is 324 Å². The van der Waals surface area contributed by atoms with Crippen molar-refractivity contribution in [3.63, 3.8) is 0 Å². The zero-order valence-electron chi connectivity index (χ0n) is 30.4. The Morgan fingerprint density at radius 1 is 0.411 bits per heavy atom. The molecule has 56 heavy (non-hydrogen) atoms. The maximum Gasteiger partial charge on any atom is 0.142 e. The number of anilines is 3. The lowest BCUT2D eigenvalue weighted by atomic mass is 9.66. The van der Waals surface area contributed by atoms with Crippen molar-refractivity contribution >= 4 is 49.6 Å². The van der Waals surface area contributed by atoms with Gasteiger partial charge in [0.25, 0.3) is 0 Å². The van der Waals surface area contributed by atoms with Crippen LogP contribution in [0, 0.1) is 0 Å². The van der Waals surface area contributed by atoms with Gasteiger partial charge in [-0.25, -0.2) is 0 Å². The fraction of sp³-hybridized carbons (Fsp3) is 0.0189. The number of fused-ring (bicyclic) bond motifs is 15. The number of rotatable bonds is 4. The van der Waals surface area contributed by atoms with Crippen LogP contribution in [0.1, 0.15) is 22.3 Å². The molecule has 2 heterocycles. The molecule has 3 heteroatoms. The average molecular weight is 715 g/mol. The monoisotopic (exact) mass is 714 g/mol. The summed E-state index contributed by atoms with van der Waals surface area (Å²) in [5, 5.41) is 4.70. The van der Waals surface area contributed by atoms with E-state index in [1.165, 1.54) is 55.1 Å². The van der Waals surface area contributed by atoms with Crippen molar-refractivity contribution in [3.05, 3.63) is 229 Å². The lowest BCUT2D eigenvalue weighted by Gasteiger charge is -2.39. The van der Waals surface area contributed by atoms with Gasteiger partial charge in [0.15, 0.2) is 0 Å². The summed E-state index contributed by atoms with van der Waals surface area (Å²) in [6.45, 7) is 0. The number of hydrogen-bond acceptors (Lipinski definition) is 2. The van der Waals surface area contributed by atoms with E-state index >= 15 is 0 Å². The summed E-state index contributed by atoms with van der Waals surface area (Å²) in [4.78, 5) is 2.31. The van der Waals surface area contributed by atoms with Crippen LogP contribution in [0.15, 0.2) is 206 Å². The lowest BCUT2D eigenvalue weighted by molar-refractivity contribution is 0.442. The molecule has 0 N–H and O–H groups in total. The van der Waals surface area contributed by atoms with E-state index in [4.69, 9.17) is 4.74 Å². The smallest absolute Gasteiger partial charge is 0.142 e. The second-order valence-electron chi connectivity index (χ2n) is 14.8. The predicted molar refractivity (Wildman–Crippen MR) is 230 cm³/mol. The molecule has 0 fully saturated rings. The molecule has 0 unspecified atom stereocenters. The van der Waals surface area contributed by atoms with Gasteiger partial charge >= 0.3 is 0 Å². The first-order valence-electron chi connectivity index (χ1n) is 19.3. The van der Waals surface area contributed by atoms with Gasteiger partial charge in [0, 0.05) is 44.6 Å². The molecule has 0 radical (unpaired) electrons. The van der Waals surface area contributed by atoms with E-state index in [1.807, 2.05) is 0 Å². The molecular formula is C53H34N2O. The summed E-state index contributed by atoms with van der Waals surface area (Å²) in [5.41, 5.74) is 13.7. The molecule has 1 spiro atoms. The standard InChI is InChI=1S/C53H34N2O/c1-3-16-36(17-4-1)54(37-18-5-2-6-19-37)38-28-30-39(31-29-38)55-48-34-33-47-52(50(48)43-32-27-35-15-7-8-20-40(35)51(43)55)56-49-26-14-13-25-46(49)53(47)44-23-11-9-21-41(44)42-22-10-12-24-45(42)53/h1-34H. The Morgan fingerprint density at radius 2 is 0.982 bits per heavy atom. The van der Waals surface area contributed by atoms with Crippen molar-refractivity contribution < 1.29 is 4.74 Å². The van der Waals surface area contributed by atoms with Crippen LogP contribution in [-0.4, -0.2) is 4.57 Å². The second-order valence-corrected chi connectivity index (χ2v) is 14.8. The third-order valence-electron chi connectivity index (χ3n) is 12.0. The molecule has 10 aromatic rings. The van der Waals surface area contributed by atoms with Crippen molar-refractivity contribution in [2.75, 3.05) is 4.90 Å². The van der Waals surface area contributed by atoms with Crippen LogP contribution in [0.4, 0.5) is 17.1 Å². The van der Waals surface area contributed by atoms with Crippen LogP contribution in [-0.2, 0) is 5.41 Å². The van der Waals surface area contributed by atoms with Crippen molar-refractivity contribution in [2.24, 2.45) is 0 Å². The van der Waals surface area contributed by atoms with Gasteiger partial charge in [0.05, 0.1) is 21.8 Å². The van der Waals surface area contributed by atoms with Gasteiger partial charge in [-0.05, 0) is 88.3 Å². The topological polar surface area (TPSA) is 17.4 Å². The number of para-hydroxylation sites is 3. The first-order valence-corrected chi connectivity index (χ1v) is 19.3. The fourth-order valence-electron chi connectivity index (χ4n) is 9.79. The number of ether oxygens (including phenoxy) is 1. The van der Waals surface area contributed by atoms with E-state index < -0.39 is 5.41 Å². The van der Waals surface area contributed by atoms with E-state index in [1.54, 1.807) is 0 Å². The molecule has 12 rings (SSSR count). The summed E-state index contributed by atoms with van der Waals surface area (Å²) in [5.74, 6) is 1.81. The molecule has 1 aromatic heterocycles. The summed E-state index contributed by atoms with van der Waals surface area (Å²) >= 11 is 0. The summed E-state index contributed by atoms with van der Waals surface area (Å²) in [6.07, 6.45) is 0. The highest BCUT2D eigenvalue weighted by atomic mass is 16.5. The molecule has 0 amide bonds. The van der Waals surface area contributed by atoms with E-state index in [9.17, 15) is 0 Å². The SMILES string of the molecule is c1ccc(N(c2ccccc2)c2ccc(-n3c4ccc5c(c4c4ccc6ccccc6c43)Oc3ccccc3C53c4ccccc4-c4ccccc43)cc2)cc1. The van der Waals surface area contributed by atoms with Crippen LogP contribution >= 0.6 is 0 Å². The first-order chi connectivity index (χ1) is 27.8. The second kappa shape index (κ2) is 11.8. The maximum absolute atomic E-state index is 7.21. The third-order valence-corrected chi connectivity index (χ3v) is 12.0. The highest BCUT2D eigenvalue weighted by Crippen LogP contribution is 2.63. The summed E-state index contributed by atoms with van der Waals surface area (Å²) < 4.78 is 9.65. The largest absolute Gasteiger partial charge is 0.456 e. The Morgan fingerprint density at radius 3 is 1.68 bits per heavy atom. The molecule has 2 aliphatic rings. The molecule has 3 nitrogen and oxygen atoms in total. The molecule has 0 bridgehead atoms. The van der Waals surface area contributed by atoms with E-state index in [2.05, 4.69) is 216 Å². The Balaban J connectivity index is 1.15. The molecule has 9 aromatic carbocycles. The average Bonchev–Trinajstić information content (AvgIpc) is 3.77. The summed E-state index contributed by atoms with van der Waals surface area (Å²) in [6, 6.07) is 74.6. The highest BCUT2D eigenvalue weighted by Gasteiger charge is 2.51. The predicted octanol–water partition coefficient (Wildman–Crippen LogP) is 13.9. The fourth-order valence-corrected chi connectivity index (χ4v) is 9.79. The number of benzene rings is 9. The molecule has 1 aliphatic carbocycles. The molecule has 0 saturated carbocycles. The molecule has 1 aliphatic heterocycles. The minimum absolute atomic E-state index is 0.531. The van der Waals surface area contributed by atoms with E-state index in [0.29, 0.717) is 0 Å². The summed E-state index contributed by atoms with van der Waals surface area (Å²) in [7, 11) is 0. The number of hydrogen-bond donors (Lipinski definition) is 0. The van der Waals surface area contributed by atoms with Gasteiger partial charge in [-0.1, -0.05) is 146 Å². The van der Waals surface area contributed by atoms with Crippen molar-refractivity contribution in [3.8, 4) is 28.3 Å². The maximum atomic E-state index is 7.21. The Bertz CT molecular complexity index is 3080. The van der Waals surface area contributed by atoms with Gasteiger partial charge in [0.1, 0.15) is 11.5 Å². The molecule has 0 saturated heterocycles. The lowest BCUT2D eigenvalue weighted by Crippen LogP contribution is -2.32. The van der Waals surface area contributed by atoms with E-state index in [-0.39, 0.29) is 0 Å². The van der Waals surface area contributed by atoms with Crippen LogP contribution in [0.2, 0.25) is 0 Å². The minimum atomic E-state index is -0.531. The zero-order valence-corrected chi connectivity index (χ0v) is 30.4. The zero-order chi connectivity index (χ0) is 36.8. The van der Waals surface area contributed by atoms with Gasteiger partial charge in [-0.3, -0.25) is 0 Å². The first kappa shape index (κ1) is 31.0. The molecule has 0 atom stereocenters. The normalized spacial score (nSPS) is 13.3.